The maximum atomic E-state index is 13.8. The first kappa shape index (κ1) is 26.5. The molecule has 0 saturated heterocycles. The standard InChI is InChI=1S/C26H31BrN6O4/c1-5-8-13-37-24-18(27)14-17(15-21(24)36-7-3)23-22(16(4)28-26-30-31-32-33(23)26)25(34)29-19-11-9-10-12-20(19)35-6-2/h9-12,14-15,23H,5-8,13H2,1-4H3,(H,29,34)(H,28,30,32). The molecule has 1 aliphatic rings. The molecule has 1 unspecified atom stereocenters. The van der Waals surface area contributed by atoms with Crippen LogP contribution in [0.2, 0.25) is 0 Å². The van der Waals surface area contributed by atoms with Crippen LogP contribution in [0.25, 0.3) is 0 Å². The Labute approximate surface area is 224 Å². The zero-order valence-electron chi connectivity index (χ0n) is 21.4. The molecule has 0 bridgehead atoms. The van der Waals surface area contributed by atoms with Crippen LogP contribution in [0.5, 0.6) is 17.2 Å². The monoisotopic (exact) mass is 570 g/mol. The average Bonchev–Trinajstić information content (AvgIpc) is 3.34. The van der Waals surface area contributed by atoms with E-state index in [0.717, 1.165) is 22.9 Å². The van der Waals surface area contributed by atoms with Crippen molar-refractivity contribution in [2.24, 2.45) is 0 Å². The lowest BCUT2D eigenvalue weighted by molar-refractivity contribution is -0.113. The molecule has 3 aromatic rings. The minimum atomic E-state index is -0.620. The highest BCUT2D eigenvalue weighted by molar-refractivity contribution is 9.10. The highest BCUT2D eigenvalue weighted by Gasteiger charge is 2.35. The number of allylic oxidation sites excluding steroid dienone is 1. The van der Waals surface area contributed by atoms with Crippen molar-refractivity contribution in [1.82, 2.24) is 20.2 Å². The fourth-order valence-corrected chi connectivity index (χ4v) is 4.70. The normalized spacial score (nSPS) is 14.6. The van der Waals surface area contributed by atoms with Gasteiger partial charge in [0, 0.05) is 5.70 Å². The van der Waals surface area contributed by atoms with Gasteiger partial charge in [-0.3, -0.25) is 4.79 Å². The van der Waals surface area contributed by atoms with Crippen LogP contribution in [0.1, 0.15) is 52.1 Å². The number of benzene rings is 2. The summed E-state index contributed by atoms with van der Waals surface area (Å²) >= 11 is 3.66. The van der Waals surface area contributed by atoms with Crippen LogP contribution < -0.4 is 24.8 Å². The largest absolute Gasteiger partial charge is 0.492 e. The lowest BCUT2D eigenvalue weighted by atomic mass is 9.94. The molecule has 0 aliphatic carbocycles. The Morgan fingerprint density at radius 2 is 1.86 bits per heavy atom. The predicted molar refractivity (Wildman–Crippen MR) is 144 cm³/mol. The minimum Gasteiger partial charge on any atom is -0.492 e. The molecule has 1 atom stereocenters. The van der Waals surface area contributed by atoms with Gasteiger partial charge in [-0.2, -0.15) is 4.68 Å². The lowest BCUT2D eigenvalue weighted by Gasteiger charge is -2.29. The van der Waals surface area contributed by atoms with Crippen LogP contribution in [-0.4, -0.2) is 45.9 Å². The van der Waals surface area contributed by atoms with Crippen molar-refractivity contribution in [2.75, 3.05) is 30.5 Å². The molecule has 4 rings (SSSR count). The Balaban J connectivity index is 1.76. The van der Waals surface area contributed by atoms with Crippen LogP contribution >= 0.6 is 15.9 Å². The van der Waals surface area contributed by atoms with Crippen molar-refractivity contribution in [1.29, 1.82) is 0 Å². The summed E-state index contributed by atoms with van der Waals surface area (Å²) in [5.74, 6) is 1.93. The molecule has 10 nitrogen and oxygen atoms in total. The number of tetrazole rings is 1. The van der Waals surface area contributed by atoms with E-state index in [9.17, 15) is 4.79 Å². The molecular weight excluding hydrogens is 540 g/mol. The summed E-state index contributed by atoms with van der Waals surface area (Å²) in [5.41, 5.74) is 2.43. The zero-order valence-corrected chi connectivity index (χ0v) is 23.0. The number of fused-ring (bicyclic) bond motifs is 1. The fraction of sp³-hybridized carbons (Fsp3) is 0.385. The number of aromatic nitrogens is 4. The van der Waals surface area contributed by atoms with Gasteiger partial charge in [0.05, 0.1) is 35.6 Å². The number of carbonyl (C=O) groups excluding carboxylic acids is 1. The molecule has 196 valence electrons. The fourth-order valence-electron chi connectivity index (χ4n) is 4.12. The van der Waals surface area contributed by atoms with Crippen molar-refractivity contribution in [3.05, 3.63) is 57.7 Å². The molecule has 0 saturated carbocycles. The lowest BCUT2D eigenvalue weighted by Crippen LogP contribution is -2.31. The van der Waals surface area contributed by atoms with E-state index in [2.05, 4.69) is 49.0 Å². The first-order valence-electron chi connectivity index (χ1n) is 12.4. The van der Waals surface area contributed by atoms with Gasteiger partial charge in [0.2, 0.25) is 5.95 Å². The van der Waals surface area contributed by atoms with Gasteiger partial charge in [-0.15, -0.1) is 0 Å². The van der Waals surface area contributed by atoms with E-state index in [1.807, 2.05) is 51.1 Å². The molecule has 11 heteroatoms. The molecule has 1 aliphatic heterocycles. The van der Waals surface area contributed by atoms with Crippen molar-refractivity contribution >= 4 is 33.5 Å². The van der Waals surface area contributed by atoms with Crippen molar-refractivity contribution in [3.63, 3.8) is 0 Å². The maximum absolute atomic E-state index is 13.8. The Bertz CT molecular complexity index is 1290. The van der Waals surface area contributed by atoms with Crippen LogP contribution in [0.4, 0.5) is 11.6 Å². The third-order valence-electron chi connectivity index (χ3n) is 5.79. The van der Waals surface area contributed by atoms with E-state index >= 15 is 0 Å². The molecule has 2 aromatic carbocycles. The summed E-state index contributed by atoms with van der Waals surface area (Å²) in [7, 11) is 0. The number of rotatable bonds is 11. The molecule has 0 spiro atoms. The molecule has 0 radical (unpaired) electrons. The van der Waals surface area contributed by atoms with Gasteiger partial charge < -0.3 is 24.8 Å². The molecule has 2 N–H and O–H groups in total. The molecule has 1 aromatic heterocycles. The maximum Gasteiger partial charge on any atom is 0.255 e. The highest BCUT2D eigenvalue weighted by Crippen LogP contribution is 2.43. The molecule has 2 heterocycles. The first-order valence-corrected chi connectivity index (χ1v) is 13.2. The number of hydrogen-bond acceptors (Lipinski definition) is 8. The van der Waals surface area contributed by atoms with Gasteiger partial charge >= 0.3 is 0 Å². The van der Waals surface area contributed by atoms with Gasteiger partial charge in [0.15, 0.2) is 11.5 Å². The second-order valence-corrected chi connectivity index (χ2v) is 9.22. The quantitative estimate of drug-likeness (QED) is 0.297. The van der Waals surface area contributed by atoms with Gasteiger partial charge in [0.25, 0.3) is 5.91 Å². The van der Waals surface area contributed by atoms with Crippen LogP contribution in [-0.2, 0) is 4.79 Å². The van der Waals surface area contributed by atoms with Crippen LogP contribution in [0.15, 0.2) is 52.1 Å². The first-order chi connectivity index (χ1) is 18.0. The van der Waals surface area contributed by atoms with Gasteiger partial charge in [-0.05, 0) is 83.4 Å². The number of nitrogens with zero attached hydrogens (tertiary/aromatic N) is 4. The van der Waals surface area contributed by atoms with E-state index in [1.165, 1.54) is 0 Å². The predicted octanol–water partition coefficient (Wildman–Crippen LogP) is 5.34. The molecule has 37 heavy (non-hydrogen) atoms. The molecule has 1 amide bonds. The van der Waals surface area contributed by atoms with Crippen LogP contribution in [0, 0.1) is 0 Å². The number of nitrogens with one attached hydrogen (secondary N) is 2. The summed E-state index contributed by atoms with van der Waals surface area (Å²) in [6.45, 7) is 9.26. The Kier molecular flexibility index (Phi) is 8.65. The minimum absolute atomic E-state index is 0.305. The average molecular weight is 571 g/mol. The van der Waals surface area contributed by atoms with Crippen molar-refractivity contribution in [2.45, 2.75) is 46.6 Å². The summed E-state index contributed by atoms with van der Waals surface area (Å²) in [6, 6.07) is 10.5. The smallest absolute Gasteiger partial charge is 0.255 e. The third kappa shape index (κ3) is 5.71. The Morgan fingerprint density at radius 3 is 2.62 bits per heavy atom. The zero-order chi connectivity index (χ0) is 26.4. The van der Waals surface area contributed by atoms with E-state index < -0.39 is 6.04 Å². The summed E-state index contributed by atoms with van der Waals surface area (Å²) in [6.07, 6.45) is 1.95. The van der Waals surface area contributed by atoms with E-state index in [4.69, 9.17) is 14.2 Å². The Hall–Kier alpha value is -3.60. The number of ether oxygens (including phenoxy) is 3. The summed E-state index contributed by atoms with van der Waals surface area (Å²) in [4.78, 5) is 13.8. The number of hydrogen-bond donors (Lipinski definition) is 2. The summed E-state index contributed by atoms with van der Waals surface area (Å²) < 4.78 is 20.0. The number of halogens is 1. The number of amides is 1. The van der Waals surface area contributed by atoms with Crippen molar-refractivity contribution < 1.29 is 19.0 Å². The van der Waals surface area contributed by atoms with Gasteiger partial charge in [-0.1, -0.05) is 30.6 Å². The molecule has 0 fully saturated rings. The number of unbranched alkanes of at least 4 members (excludes halogenated alkanes) is 1. The number of anilines is 2. The SMILES string of the molecule is CCCCOc1c(Br)cc(C2C(C(=O)Nc3ccccc3OCC)=C(C)Nc3nnnn32)cc1OCC. The van der Waals surface area contributed by atoms with E-state index in [1.54, 1.807) is 10.7 Å². The third-order valence-corrected chi connectivity index (χ3v) is 6.37. The molecular formula is C26H31BrN6O4. The topological polar surface area (TPSA) is 112 Å². The second kappa shape index (κ2) is 12.1. The van der Waals surface area contributed by atoms with E-state index in [-0.39, 0.29) is 5.91 Å². The van der Waals surface area contributed by atoms with Gasteiger partial charge in [0.1, 0.15) is 11.8 Å². The van der Waals surface area contributed by atoms with E-state index in [0.29, 0.717) is 60.0 Å². The number of carbonyl (C=O) groups is 1. The van der Waals surface area contributed by atoms with Gasteiger partial charge in [-0.25, -0.2) is 0 Å². The number of para-hydroxylation sites is 2. The summed E-state index contributed by atoms with van der Waals surface area (Å²) in [5, 5.41) is 18.3. The van der Waals surface area contributed by atoms with Crippen molar-refractivity contribution in [3.8, 4) is 17.2 Å². The highest BCUT2D eigenvalue weighted by atomic mass is 79.9. The Morgan fingerprint density at radius 1 is 1.11 bits per heavy atom. The van der Waals surface area contributed by atoms with Crippen LogP contribution in [0.3, 0.4) is 0 Å². The second-order valence-electron chi connectivity index (χ2n) is 8.36.